The fourth-order valence-electron chi connectivity index (χ4n) is 1.85. The van der Waals surface area contributed by atoms with E-state index >= 15 is 0 Å². The molecule has 0 spiro atoms. The lowest BCUT2D eigenvalue weighted by Crippen LogP contribution is -2.31. The third-order valence-corrected chi connectivity index (χ3v) is 2.94. The van der Waals surface area contributed by atoms with Gasteiger partial charge in [0.2, 0.25) is 5.88 Å². The van der Waals surface area contributed by atoms with Crippen LogP contribution in [0.2, 0.25) is 0 Å². The Labute approximate surface area is 114 Å². The van der Waals surface area contributed by atoms with Crippen molar-refractivity contribution in [2.24, 2.45) is 5.84 Å². The predicted molar refractivity (Wildman–Crippen MR) is 68.8 cm³/mol. The molecule has 0 fully saturated rings. The minimum absolute atomic E-state index is 0.188. The van der Waals surface area contributed by atoms with Gasteiger partial charge in [-0.1, -0.05) is 6.07 Å². The summed E-state index contributed by atoms with van der Waals surface area (Å²) >= 11 is 0. The van der Waals surface area contributed by atoms with Crippen LogP contribution in [0.25, 0.3) is 0 Å². The van der Waals surface area contributed by atoms with E-state index in [1.807, 2.05) is 0 Å². The second-order valence-electron chi connectivity index (χ2n) is 4.19. The number of nitrogens with zero attached hydrogens (tertiary/aromatic N) is 2. The van der Waals surface area contributed by atoms with Gasteiger partial charge < -0.3 is 4.74 Å². The molecule has 1 aromatic carbocycles. The van der Waals surface area contributed by atoms with Crippen LogP contribution in [0, 0.1) is 18.6 Å². The summed E-state index contributed by atoms with van der Waals surface area (Å²) in [5.74, 6) is 4.35. The molecular formula is C13H14F2N4O. The summed E-state index contributed by atoms with van der Waals surface area (Å²) in [7, 11) is 1.45. The van der Waals surface area contributed by atoms with Gasteiger partial charge >= 0.3 is 0 Å². The molecule has 1 aromatic heterocycles. The van der Waals surface area contributed by atoms with Gasteiger partial charge in [0.25, 0.3) is 0 Å². The van der Waals surface area contributed by atoms with Crippen molar-refractivity contribution in [3.63, 3.8) is 0 Å². The fraction of sp³-hybridized carbons (Fsp3) is 0.231. The van der Waals surface area contributed by atoms with Crippen LogP contribution in [0.3, 0.4) is 0 Å². The smallest absolute Gasteiger partial charge is 0.233 e. The molecule has 0 radical (unpaired) electrons. The molecule has 1 unspecified atom stereocenters. The van der Waals surface area contributed by atoms with Gasteiger partial charge in [-0.25, -0.2) is 14.2 Å². The molecule has 7 heteroatoms. The number of nitrogens with two attached hydrogens (primary N) is 1. The Bertz CT molecular complexity index is 604. The number of aromatic nitrogens is 2. The molecule has 0 aliphatic carbocycles. The molecule has 0 amide bonds. The highest BCUT2D eigenvalue weighted by atomic mass is 19.1. The van der Waals surface area contributed by atoms with Crippen molar-refractivity contribution in [2.75, 3.05) is 7.11 Å². The largest absolute Gasteiger partial charge is 0.480 e. The first kappa shape index (κ1) is 14.3. The van der Waals surface area contributed by atoms with E-state index in [2.05, 4.69) is 15.6 Å². The molecular weight excluding hydrogens is 266 g/mol. The van der Waals surface area contributed by atoms with Gasteiger partial charge in [0, 0.05) is 11.6 Å². The molecule has 0 aliphatic rings. The average Bonchev–Trinajstić information content (AvgIpc) is 2.48. The van der Waals surface area contributed by atoms with E-state index in [1.54, 1.807) is 6.92 Å². The predicted octanol–water partition coefficient (Wildman–Crippen LogP) is 1.62. The van der Waals surface area contributed by atoms with Crippen LogP contribution in [0.15, 0.2) is 24.3 Å². The summed E-state index contributed by atoms with van der Waals surface area (Å²) in [6.07, 6.45) is 0. The number of halogens is 2. The second kappa shape index (κ2) is 5.89. The summed E-state index contributed by atoms with van der Waals surface area (Å²) in [5, 5.41) is 7.62. The summed E-state index contributed by atoms with van der Waals surface area (Å²) in [5.41, 5.74) is 2.78. The van der Waals surface area contributed by atoms with Gasteiger partial charge in [0.1, 0.15) is 11.6 Å². The van der Waals surface area contributed by atoms with Crippen LogP contribution in [0.5, 0.6) is 5.88 Å². The first-order valence-corrected chi connectivity index (χ1v) is 5.86. The van der Waals surface area contributed by atoms with E-state index in [4.69, 9.17) is 10.6 Å². The molecule has 1 atom stereocenters. The highest BCUT2D eigenvalue weighted by molar-refractivity contribution is 5.34. The molecule has 5 nitrogen and oxygen atoms in total. The quantitative estimate of drug-likeness (QED) is 0.657. The Kier molecular flexibility index (Phi) is 4.21. The lowest BCUT2D eigenvalue weighted by molar-refractivity contribution is 0.389. The van der Waals surface area contributed by atoms with Crippen LogP contribution < -0.4 is 16.0 Å². The first-order valence-electron chi connectivity index (χ1n) is 5.86. The Hall–Kier alpha value is -2.12. The van der Waals surface area contributed by atoms with Crippen molar-refractivity contribution < 1.29 is 13.5 Å². The number of ether oxygens (including phenoxy) is 1. The molecule has 20 heavy (non-hydrogen) atoms. The van der Waals surface area contributed by atoms with Gasteiger partial charge in [0.15, 0.2) is 0 Å². The third kappa shape index (κ3) is 2.59. The maximum Gasteiger partial charge on any atom is 0.233 e. The lowest BCUT2D eigenvalue weighted by Gasteiger charge is -2.17. The second-order valence-corrected chi connectivity index (χ2v) is 4.19. The minimum atomic E-state index is -0.937. The van der Waals surface area contributed by atoms with Crippen LogP contribution in [0.4, 0.5) is 8.78 Å². The monoisotopic (exact) mass is 280 g/mol. The van der Waals surface area contributed by atoms with E-state index in [9.17, 15) is 8.78 Å². The molecule has 1 heterocycles. The van der Waals surface area contributed by atoms with Crippen molar-refractivity contribution in [3.05, 3.63) is 52.7 Å². The Morgan fingerprint density at radius 2 is 1.95 bits per heavy atom. The molecule has 0 aliphatic heterocycles. The lowest BCUT2D eigenvalue weighted by atomic mass is 10.00. The van der Waals surface area contributed by atoms with E-state index in [-0.39, 0.29) is 11.3 Å². The summed E-state index contributed by atoms with van der Waals surface area (Å²) in [6.45, 7) is 1.55. The van der Waals surface area contributed by atoms with Gasteiger partial charge in [-0.05, 0) is 24.6 Å². The average molecular weight is 280 g/mol. The number of nitrogens with one attached hydrogen (secondary N) is 1. The molecule has 2 aromatic rings. The number of rotatable bonds is 4. The third-order valence-electron chi connectivity index (χ3n) is 2.94. The van der Waals surface area contributed by atoms with Crippen LogP contribution in [-0.4, -0.2) is 17.3 Å². The topological polar surface area (TPSA) is 73.1 Å². The summed E-state index contributed by atoms with van der Waals surface area (Å²) < 4.78 is 32.9. The SMILES string of the molecule is COc1ccc(C(NN)c2c(F)ccc(C)c2F)nn1. The number of hydrazine groups is 1. The number of hydrogen-bond donors (Lipinski definition) is 2. The van der Waals surface area contributed by atoms with Crippen molar-refractivity contribution in [2.45, 2.75) is 13.0 Å². The highest BCUT2D eigenvalue weighted by Crippen LogP contribution is 2.27. The summed E-state index contributed by atoms with van der Waals surface area (Å²) in [4.78, 5) is 0. The van der Waals surface area contributed by atoms with Crippen molar-refractivity contribution in [3.8, 4) is 5.88 Å². The van der Waals surface area contributed by atoms with E-state index in [0.29, 0.717) is 11.4 Å². The van der Waals surface area contributed by atoms with Crippen LogP contribution >= 0.6 is 0 Å². The maximum absolute atomic E-state index is 14.1. The normalized spacial score (nSPS) is 12.2. The van der Waals surface area contributed by atoms with Gasteiger partial charge in [0.05, 0.1) is 18.8 Å². The number of hydrogen-bond acceptors (Lipinski definition) is 5. The molecule has 0 saturated carbocycles. The van der Waals surface area contributed by atoms with Crippen LogP contribution in [0.1, 0.15) is 22.9 Å². The van der Waals surface area contributed by atoms with Crippen molar-refractivity contribution in [1.29, 1.82) is 0 Å². The molecule has 0 saturated heterocycles. The Balaban J connectivity index is 2.49. The zero-order valence-electron chi connectivity index (χ0n) is 11.0. The standard InChI is InChI=1S/C13H14F2N4O/c1-7-3-4-8(14)11(12(7)15)13(17-16)9-5-6-10(20-2)19-18-9/h3-6,13,17H,16H2,1-2H3. The molecule has 0 bridgehead atoms. The van der Waals surface area contributed by atoms with Gasteiger partial charge in [-0.15, -0.1) is 10.2 Å². The zero-order valence-corrected chi connectivity index (χ0v) is 11.0. The van der Waals surface area contributed by atoms with Crippen molar-refractivity contribution in [1.82, 2.24) is 15.6 Å². The Morgan fingerprint density at radius 1 is 1.20 bits per heavy atom. The minimum Gasteiger partial charge on any atom is -0.480 e. The first-order chi connectivity index (χ1) is 9.58. The Morgan fingerprint density at radius 3 is 2.50 bits per heavy atom. The van der Waals surface area contributed by atoms with E-state index < -0.39 is 17.7 Å². The number of methoxy groups -OCH3 is 1. The summed E-state index contributed by atoms with van der Waals surface area (Å²) in [6, 6.07) is 4.69. The van der Waals surface area contributed by atoms with E-state index in [1.165, 1.54) is 31.4 Å². The molecule has 106 valence electrons. The maximum atomic E-state index is 14.1. The van der Waals surface area contributed by atoms with Gasteiger partial charge in [-0.2, -0.15) is 0 Å². The molecule has 3 N–H and O–H groups in total. The highest BCUT2D eigenvalue weighted by Gasteiger charge is 2.23. The number of benzene rings is 1. The van der Waals surface area contributed by atoms with Crippen molar-refractivity contribution >= 4 is 0 Å². The number of aryl methyl sites for hydroxylation is 1. The van der Waals surface area contributed by atoms with Crippen LogP contribution in [-0.2, 0) is 0 Å². The fourth-order valence-corrected chi connectivity index (χ4v) is 1.85. The zero-order chi connectivity index (χ0) is 14.7. The molecule has 2 rings (SSSR count). The van der Waals surface area contributed by atoms with E-state index in [0.717, 1.165) is 0 Å². The van der Waals surface area contributed by atoms with Gasteiger partial charge in [-0.3, -0.25) is 5.84 Å².